The number of nitrogens with one attached hydrogen (secondary N) is 1. The summed E-state index contributed by atoms with van der Waals surface area (Å²) >= 11 is 0. The van der Waals surface area contributed by atoms with Gasteiger partial charge < -0.3 is 11.1 Å². The zero-order valence-electron chi connectivity index (χ0n) is 9.58. The molecule has 1 heterocycles. The van der Waals surface area contributed by atoms with Crippen molar-refractivity contribution in [1.29, 1.82) is 0 Å². The molecule has 0 atom stereocenters. The summed E-state index contributed by atoms with van der Waals surface area (Å²) in [6.07, 6.45) is 4.24. The molecule has 3 N–H and O–H groups in total. The molecule has 1 amide bonds. The summed E-state index contributed by atoms with van der Waals surface area (Å²) in [4.78, 5) is 19.3. The van der Waals surface area contributed by atoms with E-state index in [-0.39, 0.29) is 5.91 Å². The highest BCUT2D eigenvalue weighted by Gasteiger charge is 2.02. The Labute approximate surface area is 104 Å². The summed E-state index contributed by atoms with van der Waals surface area (Å²) in [5, 5.41) is 2.60. The summed E-state index contributed by atoms with van der Waals surface area (Å²) < 4.78 is 0. The van der Waals surface area contributed by atoms with Crippen LogP contribution in [0, 0.1) is 0 Å². The zero-order chi connectivity index (χ0) is 12.8. The van der Waals surface area contributed by atoms with Crippen molar-refractivity contribution in [1.82, 2.24) is 9.97 Å². The van der Waals surface area contributed by atoms with Crippen molar-refractivity contribution in [3.8, 4) is 0 Å². The van der Waals surface area contributed by atoms with Crippen LogP contribution >= 0.6 is 0 Å². The van der Waals surface area contributed by atoms with Crippen molar-refractivity contribution in [2.24, 2.45) is 5.73 Å². The second-order valence-electron chi connectivity index (χ2n) is 3.55. The predicted molar refractivity (Wildman–Crippen MR) is 69.3 cm³/mol. The van der Waals surface area contributed by atoms with Gasteiger partial charge in [-0.1, -0.05) is 30.3 Å². The van der Waals surface area contributed by atoms with E-state index in [9.17, 15) is 4.79 Å². The van der Waals surface area contributed by atoms with Gasteiger partial charge in [0.25, 0.3) is 5.91 Å². The number of benzene rings is 1. The minimum absolute atomic E-state index is 0.324. The molecule has 1 aromatic heterocycles. The van der Waals surface area contributed by atoms with E-state index in [1.54, 1.807) is 12.3 Å². The number of anilines is 1. The van der Waals surface area contributed by atoms with Crippen LogP contribution in [0.5, 0.6) is 0 Å². The minimum atomic E-state index is -0.324. The molecule has 1 aromatic carbocycles. The Bertz CT molecular complexity index is 552. The van der Waals surface area contributed by atoms with Crippen LogP contribution in [0.15, 0.2) is 55.0 Å². The summed E-state index contributed by atoms with van der Waals surface area (Å²) in [6, 6.07) is 10.9. The van der Waals surface area contributed by atoms with E-state index in [2.05, 4.69) is 15.3 Å². The molecule has 0 saturated carbocycles. The van der Waals surface area contributed by atoms with Crippen LogP contribution in [0.1, 0.15) is 5.56 Å². The molecule has 0 aliphatic carbocycles. The second kappa shape index (κ2) is 5.58. The summed E-state index contributed by atoms with van der Waals surface area (Å²) in [5.74, 6) is 0.113. The highest BCUT2D eigenvalue weighted by molar-refractivity contribution is 6.03. The summed E-state index contributed by atoms with van der Waals surface area (Å²) in [7, 11) is 0. The maximum atomic E-state index is 11.7. The Morgan fingerprint density at radius 1 is 1.22 bits per heavy atom. The van der Waals surface area contributed by atoms with Crippen LogP contribution in [0.25, 0.3) is 5.70 Å². The first-order valence-electron chi connectivity index (χ1n) is 5.35. The SMILES string of the molecule is NC(=CC(=O)Nc1ccncn1)c1ccccc1. The number of amides is 1. The minimum Gasteiger partial charge on any atom is -0.398 e. The fraction of sp³-hybridized carbons (Fsp3) is 0. The number of carbonyl (C=O) groups excluding carboxylic acids is 1. The van der Waals surface area contributed by atoms with Crippen LogP contribution in [0.3, 0.4) is 0 Å². The lowest BCUT2D eigenvalue weighted by Crippen LogP contribution is -2.12. The van der Waals surface area contributed by atoms with E-state index < -0.39 is 0 Å². The molecule has 5 heteroatoms. The molecule has 0 saturated heterocycles. The maximum absolute atomic E-state index is 11.7. The first-order valence-corrected chi connectivity index (χ1v) is 5.35. The zero-order valence-corrected chi connectivity index (χ0v) is 9.58. The Morgan fingerprint density at radius 3 is 2.67 bits per heavy atom. The van der Waals surface area contributed by atoms with Gasteiger partial charge in [-0.25, -0.2) is 9.97 Å². The Hall–Kier alpha value is -2.69. The Morgan fingerprint density at radius 2 is 2.00 bits per heavy atom. The smallest absolute Gasteiger partial charge is 0.251 e. The first kappa shape index (κ1) is 11.8. The normalized spacial score (nSPS) is 11.0. The van der Waals surface area contributed by atoms with Gasteiger partial charge >= 0.3 is 0 Å². The third-order valence-electron chi connectivity index (χ3n) is 2.23. The third-order valence-corrected chi connectivity index (χ3v) is 2.23. The Kier molecular flexibility index (Phi) is 3.66. The standard InChI is InChI=1S/C13H12N4O/c14-11(10-4-2-1-3-5-10)8-13(18)17-12-6-7-15-9-16-12/h1-9H,14H2,(H,15,16,17,18). The molecule has 90 valence electrons. The van der Waals surface area contributed by atoms with Crippen LogP contribution < -0.4 is 11.1 Å². The molecule has 18 heavy (non-hydrogen) atoms. The van der Waals surface area contributed by atoms with E-state index >= 15 is 0 Å². The number of nitrogens with zero attached hydrogens (tertiary/aromatic N) is 2. The van der Waals surface area contributed by atoms with E-state index in [0.717, 1.165) is 5.56 Å². The van der Waals surface area contributed by atoms with E-state index in [0.29, 0.717) is 11.5 Å². The second-order valence-corrected chi connectivity index (χ2v) is 3.55. The molecule has 0 bridgehead atoms. The van der Waals surface area contributed by atoms with Gasteiger partial charge in [0.1, 0.15) is 12.1 Å². The van der Waals surface area contributed by atoms with Crippen LogP contribution in [0.2, 0.25) is 0 Å². The molecule has 0 aliphatic heterocycles. The lowest BCUT2D eigenvalue weighted by molar-refractivity contribution is -0.111. The molecule has 0 fully saturated rings. The monoisotopic (exact) mass is 240 g/mol. The lowest BCUT2D eigenvalue weighted by atomic mass is 10.1. The molecular formula is C13H12N4O. The summed E-state index contributed by atoms with van der Waals surface area (Å²) in [5.41, 5.74) is 7.02. The van der Waals surface area contributed by atoms with Gasteiger partial charge in [0, 0.05) is 18.0 Å². The van der Waals surface area contributed by atoms with Crippen molar-refractivity contribution < 1.29 is 4.79 Å². The number of hydrogen-bond acceptors (Lipinski definition) is 4. The fourth-order valence-corrected chi connectivity index (χ4v) is 1.38. The molecule has 0 aliphatic rings. The fourth-order valence-electron chi connectivity index (χ4n) is 1.38. The van der Waals surface area contributed by atoms with Gasteiger partial charge in [-0.15, -0.1) is 0 Å². The molecule has 2 rings (SSSR count). The molecule has 0 unspecified atom stereocenters. The van der Waals surface area contributed by atoms with Gasteiger partial charge in [-0.2, -0.15) is 0 Å². The molecule has 2 aromatic rings. The van der Waals surface area contributed by atoms with Crippen molar-refractivity contribution in [3.05, 3.63) is 60.6 Å². The number of nitrogens with two attached hydrogens (primary N) is 1. The topological polar surface area (TPSA) is 80.9 Å². The molecule has 0 radical (unpaired) electrons. The van der Waals surface area contributed by atoms with E-state index in [4.69, 9.17) is 5.73 Å². The lowest BCUT2D eigenvalue weighted by Gasteiger charge is -2.02. The van der Waals surface area contributed by atoms with Crippen molar-refractivity contribution in [2.45, 2.75) is 0 Å². The maximum Gasteiger partial charge on any atom is 0.251 e. The van der Waals surface area contributed by atoms with Crippen molar-refractivity contribution in [3.63, 3.8) is 0 Å². The van der Waals surface area contributed by atoms with Gasteiger partial charge in [0.05, 0.1) is 0 Å². The number of carbonyl (C=O) groups is 1. The van der Waals surface area contributed by atoms with Gasteiger partial charge in [0.2, 0.25) is 0 Å². The number of rotatable bonds is 3. The Balaban J connectivity index is 2.07. The van der Waals surface area contributed by atoms with Gasteiger partial charge in [-0.3, -0.25) is 4.79 Å². The molecular weight excluding hydrogens is 228 g/mol. The quantitative estimate of drug-likeness (QED) is 0.795. The van der Waals surface area contributed by atoms with E-state index in [1.807, 2.05) is 30.3 Å². The van der Waals surface area contributed by atoms with Crippen LogP contribution in [0.4, 0.5) is 5.82 Å². The first-order chi connectivity index (χ1) is 8.75. The van der Waals surface area contributed by atoms with Crippen molar-refractivity contribution in [2.75, 3.05) is 5.32 Å². The average Bonchev–Trinajstić information content (AvgIpc) is 2.40. The van der Waals surface area contributed by atoms with E-state index in [1.165, 1.54) is 12.4 Å². The summed E-state index contributed by atoms with van der Waals surface area (Å²) in [6.45, 7) is 0. The van der Waals surface area contributed by atoms with Crippen LogP contribution in [-0.4, -0.2) is 15.9 Å². The number of hydrogen-bond donors (Lipinski definition) is 2. The molecule has 5 nitrogen and oxygen atoms in total. The van der Waals surface area contributed by atoms with Gasteiger partial charge in [0.15, 0.2) is 0 Å². The molecule has 0 spiro atoms. The highest BCUT2D eigenvalue weighted by atomic mass is 16.1. The average molecular weight is 240 g/mol. The van der Waals surface area contributed by atoms with Crippen molar-refractivity contribution >= 4 is 17.4 Å². The third kappa shape index (κ3) is 3.15. The van der Waals surface area contributed by atoms with Crippen LogP contribution in [-0.2, 0) is 4.79 Å². The van der Waals surface area contributed by atoms with Gasteiger partial charge in [-0.05, 0) is 11.6 Å². The largest absolute Gasteiger partial charge is 0.398 e. The number of aromatic nitrogens is 2. The highest BCUT2D eigenvalue weighted by Crippen LogP contribution is 2.08. The predicted octanol–water partition coefficient (Wildman–Crippen LogP) is 1.41.